The molecule has 0 aromatic heterocycles. The summed E-state index contributed by atoms with van der Waals surface area (Å²) in [4.78, 5) is 2.50. The van der Waals surface area contributed by atoms with Crippen LogP contribution in [0.5, 0.6) is 0 Å². The van der Waals surface area contributed by atoms with Crippen LogP contribution in [0.1, 0.15) is 47.2 Å². The van der Waals surface area contributed by atoms with E-state index >= 15 is 0 Å². The molecule has 13 rings (SSSR count). The summed E-state index contributed by atoms with van der Waals surface area (Å²) >= 11 is 0. The molecule has 0 saturated heterocycles. The van der Waals surface area contributed by atoms with Crippen molar-refractivity contribution in [3.8, 4) is 44.5 Å². The highest BCUT2D eigenvalue weighted by molar-refractivity contribution is 6.08. The molecule has 0 saturated carbocycles. The maximum atomic E-state index is 2.54. The predicted octanol–water partition coefficient (Wildman–Crippen LogP) is 15.8. The summed E-state index contributed by atoms with van der Waals surface area (Å²) < 4.78 is 0. The van der Waals surface area contributed by atoms with Crippen molar-refractivity contribution in [2.45, 2.75) is 24.7 Å². The highest BCUT2D eigenvalue weighted by Crippen LogP contribution is 2.64. The lowest BCUT2D eigenvalue weighted by Crippen LogP contribution is -2.32. The van der Waals surface area contributed by atoms with E-state index < -0.39 is 5.41 Å². The summed E-state index contributed by atoms with van der Waals surface area (Å²) in [7, 11) is 0. The first kappa shape index (κ1) is 34.4. The Morgan fingerprint density at radius 1 is 0.311 bits per heavy atom. The van der Waals surface area contributed by atoms with Crippen molar-refractivity contribution in [2.75, 3.05) is 4.90 Å². The van der Waals surface area contributed by atoms with Gasteiger partial charge in [-0.15, -0.1) is 0 Å². The van der Waals surface area contributed by atoms with Crippen LogP contribution >= 0.6 is 0 Å². The first-order valence-corrected chi connectivity index (χ1v) is 21.5. The molecule has 0 N–H and O–H groups in total. The second-order valence-electron chi connectivity index (χ2n) is 17.6. The largest absolute Gasteiger partial charge is 0.310 e. The molecule has 3 aliphatic carbocycles. The molecule has 1 nitrogen and oxygen atoms in total. The van der Waals surface area contributed by atoms with Gasteiger partial charge in [0.2, 0.25) is 0 Å². The Kier molecular flexibility index (Phi) is 7.06. The third kappa shape index (κ3) is 4.61. The normalized spacial score (nSPS) is 15.9. The SMILES string of the molecule is CC1(C)c2ccccc2-c2ccc(N(c3ccc4c(c3)C3(c5ccccc5-c5cccc6cccc3c56)c3cccc(-c5ccccc5)c3-4)c3ccc4ccccc4c3)cc21. The van der Waals surface area contributed by atoms with E-state index in [4.69, 9.17) is 0 Å². The van der Waals surface area contributed by atoms with Gasteiger partial charge in [0.05, 0.1) is 5.41 Å². The summed E-state index contributed by atoms with van der Waals surface area (Å²) in [5, 5.41) is 5.07. The van der Waals surface area contributed by atoms with Gasteiger partial charge in [0.15, 0.2) is 0 Å². The van der Waals surface area contributed by atoms with Crippen LogP contribution in [0.15, 0.2) is 212 Å². The Morgan fingerprint density at radius 2 is 0.836 bits per heavy atom. The van der Waals surface area contributed by atoms with E-state index in [2.05, 4.69) is 231 Å². The minimum atomic E-state index is -0.563. The maximum absolute atomic E-state index is 2.54. The van der Waals surface area contributed by atoms with Crippen molar-refractivity contribution in [2.24, 2.45) is 0 Å². The summed E-state index contributed by atoms with van der Waals surface area (Å²) in [5.74, 6) is 0. The zero-order valence-corrected chi connectivity index (χ0v) is 34.2. The quantitative estimate of drug-likeness (QED) is 0.172. The van der Waals surface area contributed by atoms with Crippen molar-refractivity contribution in [3.63, 3.8) is 0 Å². The van der Waals surface area contributed by atoms with Gasteiger partial charge in [-0.25, -0.2) is 0 Å². The molecule has 286 valence electrons. The molecular formula is C60H41N. The van der Waals surface area contributed by atoms with Crippen molar-refractivity contribution in [1.82, 2.24) is 0 Å². The molecule has 3 aliphatic rings. The molecule has 10 aromatic rings. The second kappa shape index (κ2) is 12.5. The van der Waals surface area contributed by atoms with Crippen LogP contribution in [0.3, 0.4) is 0 Å². The Morgan fingerprint density at radius 3 is 1.66 bits per heavy atom. The smallest absolute Gasteiger partial charge is 0.0726 e. The first-order chi connectivity index (χ1) is 30.0. The maximum Gasteiger partial charge on any atom is 0.0726 e. The van der Waals surface area contributed by atoms with Crippen molar-refractivity contribution >= 4 is 38.6 Å². The molecule has 1 atom stereocenters. The Bertz CT molecular complexity index is 3460. The van der Waals surface area contributed by atoms with Crippen LogP contribution < -0.4 is 4.90 Å². The number of hydrogen-bond acceptors (Lipinski definition) is 1. The van der Waals surface area contributed by atoms with Crippen molar-refractivity contribution < 1.29 is 0 Å². The second-order valence-corrected chi connectivity index (χ2v) is 17.6. The third-order valence-corrected chi connectivity index (χ3v) is 14.2. The zero-order chi connectivity index (χ0) is 40.5. The highest BCUT2D eigenvalue weighted by atomic mass is 15.1. The van der Waals surface area contributed by atoms with Crippen molar-refractivity contribution in [1.29, 1.82) is 0 Å². The van der Waals surface area contributed by atoms with Gasteiger partial charge in [0.1, 0.15) is 0 Å². The standard InChI is InChI=1S/C60H41N/c1-59(2)51-25-10-8-21-46(51)48-33-31-43(36-55(48)59)61(42-30-29-38-15-6-7-18-41(38)35-42)44-32-34-50-56(37-44)60(54-28-14-23-45(58(50)54)39-16-4-3-5-17-39)52-26-11-9-22-47(52)49-24-12-19-40-20-13-27-53(60)57(40)49/h3-37H,1-2H3. The zero-order valence-electron chi connectivity index (χ0n) is 34.2. The van der Waals surface area contributed by atoms with Gasteiger partial charge in [-0.2, -0.15) is 0 Å². The summed E-state index contributed by atoms with van der Waals surface area (Å²) in [6, 6.07) is 80.0. The van der Waals surface area contributed by atoms with Gasteiger partial charge < -0.3 is 4.90 Å². The minimum Gasteiger partial charge on any atom is -0.310 e. The van der Waals surface area contributed by atoms with Gasteiger partial charge >= 0.3 is 0 Å². The molecule has 0 heterocycles. The molecule has 0 bridgehead atoms. The van der Waals surface area contributed by atoms with Crippen LogP contribution in [0, 0.1) is 0 Å². The van der Waals surface area contributed by atoms with Crippen LogP contribution in [0.2, 0.25) is 0 Å². The Hall–Kier alpha value is -7.48. The van der Waals surface area contributed by atoms with E-state index in [1.807, 2.05) is 0 Å². The molecule has 1 heteroatoms. The lowest BCUT2D eigenvalue weighted by molar-refractivity contribution is 0.660. The fourth-order valence-corrected chi connectivity index (χ4v) is 11.6. The van der Waals surface area contributed by atoms with Gasteiger partial charge in [-0.3, -0.25) is 0 Å². The number of rotatable bonds is 4. The highest BCUT2D eigenvalue weighted by Gasteiger charge is 2.51. The van der Waals surface area contributed by atoms with Crippen LogP contribution in [-0.2, 0) is 10.8 Å². The van der Waals surface area contributed by atoms with E-state index in [0.29, 0.717) is 0 Å². The Balaban J connectivity index is 1.13. The number of nitrogens with zero attached hydrogens (tertiary/aromatic N) is 1. The summed E-state index contributed by atoms with van der Waals surface area (Å²) in [6.45, 7) is 4.75. The molecule has 1 unspecified atom stereocenters. The lowest BCUT2D eigenvalue weighted by atomic mass is 9.61. The van der Waals surface area contributed by atoms with Crippen LogP contribution in [0.25, 0.3) is 66.1 Å². The van der Waals surface area contributed by atoms with E-state index in [0.717, 1.165) is 17.1 Å². The average molecular weight is 776 g/mol. The average Bonchev–Trinajstić information content (AvgIpc) is 3.73. The summed E-state index contributed by atoms with van der Waals surface area (Å²) in [6.07, 6.45) is 0. The number of benzene rings is 10. The summed E-state index contributed by atoms with van der Waals surface area (Å²) in [5.41, 5.74) is 21.2. The van der Waals surface area contributed by atoms with E-state index in [-0.39, 0.29) is 5.41 Å². The molecule has 0 radical (unpaired) electrons. The van der Waals surface area contributed by atoms with Gasteiger partial charge in [-0.05, 0) is 136 Å². The number of anilines is 3. The Labute approximate surface area is 356 Å². The monoisotopic (exact) mass is 775 g/mol. The fraction of sp³-hybridized carbons (Fsp3) is 0.0667. The predicted molar refractivity (Wildman–Crippen MR) is 255 cm³/mol. The molecule has 0 amide bonds. The molecule has 61 heavy (non-hydrogen) atoms. The van der Waals surface area contributed by atoms with Crippen LogP contribution in [0.4, 0.5) is 17.1 Å². The fourth-order valence-electron chi connectivity index (χ4n) is 11.6. The lowest BCUT2D eigenvalue weighted by Gasteiger charge is -2.40. The van der Waals surface area contributed by atoms with Crippen LogP contribution in [-0.4, -0.2) is 0 Å². The van der Waals surface area contributed by atoms with Gasteiger partial charge in [-0.1, -0.05) is 190 Å². The van der Waals surface area contributed by atoms with E-state index in [1.165, 1.54) is 99.4 Å². The van der Waals surface area contributed by atoms with Gasteiger partial charge in [0.25, 0.3) is 0 Å². The first-order valence-electron chi connectivity index (χ1n) is 21.5. The molecule has 0 aliphatic heterocycles. The number of hydrogen-bond donors (Lipinski definition) is 0. The topological polar surface area (TPSA) is 3.24 Å². The molecular weight excluding hydrogens is 735 g/mol. The molecule has 0 fully saturated rings. The minimum absolute atomic E-state index is 0.133. The van der Waals surface area contributed by atoms with Gasteiger partial charge in [0, 0.05) is 22.5 Å². The van der Waals surface area contributed by atoms with E-state index in [9.17, 15) is 0 Å². The third-order valence-electron chi connectivity index (χ3n) is 14.2. The molecule has 1 spiro atoms. The molecule has 10 aromatic carbocycles. The number of fused-ring (bicyclic) bond motifs is 13. The van der Waals surface area contributed by atoms with E-state index in [1.54, 1.807) is 0 Å². The van der Waals surface area contributed by atoms with Crippen molar-refractivity contribution in [3.05, 3.63) is 246 Å².